The molecule has 2 aliphatic rings. The molecule has 2 unspecified atom stereocenters. The van der Waals surface area contributed by atoms with Gasteiger partial charge in [-0.1, -0.05) is 6.92 Å². The summed E-state index contributed by atoms with van der Waals surface area (Å²) < 4.78 is 11.0. The Morgan fingerprint density at radius 1 is 1.22 bits per heavy atom. The molecular weight excluding hydrogens is 525 g/mol. The first kappa shape index (κ1) is 28.7. The molecule has 2 atom stereocenters. The van der Waals surface area contributed by atoms with E-state index in [2.05, 4.69) is 17.1 Å². The molecule has 0 aromatic heterocycles. The number of carbonyl (C=O) groups excluding carboxylic acids is 2. The second-order valence-electron chi connectivity index (χ2n) is 9.47. The number of hydrogen-bond acceptors (Lipinski definition) is 5. The van der Waals surface area contributed by atoms with Crippen LogP contribution in [0.1, 0.15) is 47.5 Å². The van der Waals surface area contributed by atoms with E-state index in [0.717, 1.165) is 38.4 Å². The van der Waals surface area contributed by atoms with Gasteiger partial charge in [0, 0.05) is 59.5 Å². The molecule has 0 spiro atoms. The number of halogens is 1. The van der Waals surface area contributed by atoms with Gasteiger partial charge in [0.05, 0.1) is 0 Å². The van der Waals surface area contributed by atoms with Gasteiger partial charge in [0.25, 0.3) is 5.91 Å². The number of hydrogen-bond donors (Lipinski definition) is 1. The van der Waals surface area contributed by atoms with E-state index in [-0.39, 0.29) is 48.0 Å². The van der Waals surface area contributed by atoms with Gasteiger partial charge in [-0.2, -0.15) is 0 Å². The van der Waals surface area contributed by atoms with Crippen molar-refractivity contribution in [2.75, 3.05) is 59.5 Å². The van der Waals surface area contributed by atoms with Crippen molar-refractivity contribution in [3.05, 3.63) is 0 Å². The number of carbonyl (C=O) groups is 2. The molecule has 0 bridgehead atoms. The lowest BCUT2D eigenvalue weighted by molar-refractivity contribution is -0.142. The van der Waals surface area contributed by atoms with Crippen LogP contribution < -0.4 is 5.32 Å². The first-order chi connectivity index (χ1) is 14.6. The average Bonchev–Trinajstić information content (AvgIpc) is 3.24. The first-order valence-electron chi connectivity index (χ1n) is 11.5. The molecule has 2 saturated heterocycles. The third-order valence-corrected chi connectivity index (χ3v) is 5.27. The Morgan fingerprint density at radius 3 is 2.38 bits per heavy atom. The van der Waals surface area contributed by atoms with E-state index < -0.39 is 5.60 Å². The molecule has 2 fully saturated rings. The molecular formula is C22H42IN5O4. The summed E-state index contributed by atoms with van der Waals surface area (Å²) in [6, 6.07) is 0. The maximum atomic E-state index is 12.6. The van der Waals surface area contributed by atoms with E-state index in [1.54, 1.807) is 11.9 Å². The topological polar surface area (TPSA) is 86.7 Å². The Kier molecular flexibility index (Phi) is 12.0. The predicted molar refractivity (Wildman–Crippen MR) is 137 cm³/mol. The number of rotatable bonds is 6. The number of nitrogens with zero attached hydrogens (tertiary/aromatic N) is 4. The van der Waals surface area contributed by atoms with E-state index in [1.807, 2.05) is 32.6 Å². The van der Waals surface area contributed by atoms with Crippen molar-refractivity contribution in [3.63, 3.8) is 0 Å². The van der Waals surface area contributed by atoms with E-state index >= 15 is 0 Å². The van der Waals surface area contributed by atoms with Crippen LogP contribution in [0.2, 0.25) is 0 Å². The van der Waals surface area contributed by atoms with Gasteiger partial charge in [-0.15, -0.1) is 24.0 Å². The molecule has 32 heavy (non-hydrogen) atoms. The van der Waals surface area contributed by atoms with Gasteiger partial charge in [-0.25, -0.2) is 4.79 Å². The number of guanidine groups is 1. The third-order valence-electron chi connectivity index (χ3n) is 5.27. The van der Waals surface area contributed by atoms with E-state index in [9.17, 15) is 9.59 Å². The Labute approximate surface area is 210 Å². The second kappa shape index (κ2) is 13.4. The fraction of sp³-hybridized carbons (Fsp3) is 0.864. The summed E-state index contributed by atoms with van der Waals surface area (Å²) in [5.41, 5.74) is -0.502. The van der Waals surface area contributed by atoms with E-state index in [4.69, 9.17) is 14.5 Å². The minimum absolute atomic E-state index is 0. The van der Waals surface area contributed by atoms with Gasteiger partial charge in [0.2, 0.25) is 0 Å². The maximum absolute atomic E-state index is 12.6. The Hall–Kier alpha value is -1.30. The second-order valence-corrected chi connectivity index (χ2v) is 9.47. The molecule has 0 aliphatic carbocycles. The number of amides is 2. The lowest BCUT2D eigenvalue weighted by Gasteiger charge is -2.37. The molecule has 2 aliphatic heterocycles. The minimum Gasteiger partial charge on any atom is -0.444 e. The van der Waals surface area contributed by atoms with Crippen LogP contribution in [0.5, 0.6) is 0 Å². The molecule has 0 aromatic rings. The SMILES string of the molecule is CCNC(=NCC(C)CN(C)C(=O)OC(C)(C)C)N1CCN(C(=O)C2CCCO2)CC1.I. The minimum atomic E-state index is -0.502. The van der Waals surface area contributed by atoms with Crippen LogP contribution in [0.4, 0.5) is 4.79 Å². The number of piperazine rings is 1. The number of ether oxygens (including phenoxy) is 2. The van der Waals surface area contributed by atoms with Crippen molar-refractivity contribution < 1.29 is 19.1 Å². The zero-order chi connectivity index (χ0) is 23.0. The summed E-state index contributed by atoms with van der Waals surface area (Å²) >= 11 is 0. The molecule has 0 saturated carbocycles. The first-order valence-corrected chi connectivity index (χ1v) is 11.5. The lowest BCUT2D eigenvalue weighted by Crippen LogP contribution is -2.55. The van der Waals surface area contributed by atoms with Gasteiger partial charge in [-0.05, 0) is 46.5 Å². The number of aliphatic imine (C=N–C) groups is 1. The van der Waals surface area contributed by atoms with Crippen molar-refractivity contribution in [1.82, 2.24) is 20.0 Å². The van der Waals surface area contributed by atoms with Crippen LogP contribution in [0.15, 0.2) is 4.99 Å². The highest BCUT2D eigenvalue weighted by molar-refractivity contribution is 14.0. The van der Waals surface area contributed by atoms with Gasteiger partial charge in [0.15, 0.2) is 5.96 Å². The van der Waals surface area contributed by atoms with Crippen LogP contribution in [0.25, 0.3) is 0 Å². The number of nitrogens with one attached hydrogen (secondary N) is 1. The molecule has 186 valence electrons. The molecule has 2 amide bonds. The van der Waals surface area contributed by atoms with Crippen molar-refractivity contribution in [2.24, 2.45) is 10.9 Å². The highest BCUT2D eigenvalue weighted by atomic mass is 127. The summed E-state index contributed by atoms with van der Waals surface area (Å²) in [5, 5.41) is 3.36. The van der Waals surface area contributed by atoms with Crippen LogP contribution in [-0.4, -0.2) is 104 Å². The fourth-order valence-corrected chi connectivity index (χ4v) is 3.72. The predicted octanol–water partition coefficient (Wildman–Crippen LogP) is 2.40. The van der Waals surface area contributed by atoms with Gasteiger partial charge < -0.3 is 29.5 Å². The summed E-state index contributed by atoms with van der Waals surface area (Å²) in [7, 11) is 1.75. The van der Waals surface area contributed by atoms with Gasteiger partial charge >= 0.3 is 6.09 Å². The summed E-state index contributed by atoms with van der Waals surface area (Å²) in [4.78, 5) is 35.2. The normalized spacial score (nSPS) is 20.4. The molecule has 1 N–H and O–H groups in total. The molecule has 0 radical (unpaired) electrons. The quantitative estimate of drug-likeness (QED) is 0.302. The largest absolute Gasteiger partial charge is 0.444 e. The molecule has 2 rings (SSSR count). The summed E-state index contributed by atoms with van der Waals surface area (Å²) in [6.07, 6.45) is 1.23. The third kappa shape index (κ3) is 9.29. The maximum Gasteiger partial charge on any atom is 0.410 e. The van der Waals surface area contributed by atoms with Crippen molar-refractivity contribution in [1.29, 1.82) is 0 Å². The monoisotopic (exact) mass is 567 g/mol. The highest BCUT2D eigenvalue weighted by Crippen LogP contribution is 2.16. The Balaban J connectivity index is 0.00000512. The van der Waals surface area contributed by atoms with Crippen LogP contribution in [0, 0.1) is 5.92 Å². The van der Waals surface area contributed by atoms with Crippen LogP contribution >= 0.6 is 24.0 Å². The molecule has 10 heteroatoms. The molecule has 2 heterocycles. The standard InChI is InChI=1S/C22H41N5O4.HI/c1-7-23-20(24-15-17(2)16-25(6)21(29)31-22(3,4)5)27-12-10-26(11-13-27)19(28)18-9-8-14-30-18;/h17-18H,7-16H2,1-6H3,(H,23,24);1H. The van der Waals surface area contributed by atoms with Crippen molar-refractivity contribution in [2.45, 2.75) is 59.2 Å². The lowest BCUT2D eigenvalue weighted by atomic mass is 10.2. The fourth-order valence-electron chi connectivity index (χ4n) is 3.72. The van der Waals surface area contributed by atoms with Gasteiger partial charge in [0.1, 0.15) is 11.7 Å². The Bertz CT molecular complexity index is 626. The van der Waals surface area contributed by atoms with Crippen LogP contribution in [0.3, 0.4) is 0 Å². The zero-order valence-corrected chi connectivity index (χ0v) is 22.9. The Morgan fingerprint density at radius 2 is 1.84 bits per heavy atom. The van der Waals surface area contributed by atoms with Crippen LogP contribution in [-0.2, 0) is 14.3 Å². The van der Waals surface area contributed by atoms with Gasteiger partial charge in [-0.3, -0.25) is 9.79 Å². The van der Waals surface area contributed by atoms with E-state index in [1.165, 1.54) is 0 Å². The highest BCUT2D eigenvalue weighted by Gasteiger charge is 2.31. The summed E-state index contributed by atoms with van der Waals surface area (Å²) in [6.45, 7) is 15.2. The van der Waals surface area contributed by atoms with Crippen molar-refractivity contribution >= 4 is 41.9 Å². The summed E-state index contributed by atoms with van der Waals surface area (Å²) in [5.74, 6) is 1.17. The molecule has 9 nitrogen and oxygen atoms in total. The molecule has 0 aromatic carbocycles. The van der Waals surface area contributed by atoms with Crippen molar-refractivity contribution in [3.8, 4) is 0 Å². The average molecular weight is 568 g/mol. The smallest absolute Gasteiger partial charge is 0.410 e. The van der Waals surface area contributed by atoms with E-state index in [0.29, 0.717) is 32.8 Å². The zero-order valence-electron chi connectivity index (χ0n) is 20.6.